The van der Waals surface area contributed by atoms with Crippen LogP contribution in [0.1, 0.15) is 74.7 Å². The van der Waals surface area contributed by atoms with Gasteiger partial charge in [-0.1, -0.05) is 19.3 Å². The Morgan fingerprint density at radius 2 is 1.81 bits per heavy atom. The Hall–Kier alpha value is -2.22. The first kappa shape index (κ1) is 23.0. The highest BCUT2D eigenvalue weighted by Crippen LogP contribution is 2.31. The number of hydrogen-bond acceptors (Lipinski definition) is 6. The monoisotopic (exact) mass is 442 g/mol. The third-order valence-corrected chi connectivity index (χ3v) is 7.26. The molecule has 3 aliphatic rings. The second kappa shape index (κ2) is 10.1. The molecule has 1 aromatic rings. The molecule has 176 valence electrons. The van der Waals surface area contributed by atoms with Gasteiger partial charge in [0.2, 0.25) is 11.8 Å². The van der Waals surface area contributed by atoms with E-state index < -0.39 is 0 Å². The van der Waals surface area contributed by atoms with E-state index >= 15 is 0 Å². The van der Waals surface area contributed by atoms with Gasteiger partial charge in [0.1, 0.15) is 11.6 Å². The highest BCUT2D eigenvalue weighted by atomic mass is 16.2. The molecule has 0 spiro atoms. The van der Waals surface area contributed by atoms with Crippen LogP contribution >= 0.6 is 0 Å². The number of nitrogens with zero attached hydrogens (tertiary/aromatic N) is 5. The molecule has 2 aliphatic heterocycles. The normalized spacial score (nSPS) is 23.5. The van der Waals surface area contributed by atoms with Crippen molar-refractivity contribution >= 4 is 17.6 Å². The van der Waals surface area contributed by atoms with E-state index in [2.05, 4.69) is 10.2 Å². The topological polar surface area (TPSA) is 81.7 Å². The third-order valence-electron chi connectivity index (χ3n) is 7.26. The molecule has 8 nitrogen and oxygen atoms in total. The van der Waals surface area contributed by atoms with Crippen LogP contribution in [0.15, 0.2) is 6.07 Å². The van der Waals surface area contributed by atoms with E-state index in [0.29, 0.717) is 24.9 Å². The van der Waals surface area contributed by atoms with Crippen molar-refractivity contribution in [3.8, 4) is 0 Å². The molecule has 1 saturated carbocycles. The maximum atomic E-state index is 12.5. The predicted octanol–water partition coefficient (Wildman–Crippen LogP) is 2.12. The first-order valence-corrected chi connectivity index (χ1v) is 12.2. The van der Waals surface area contributed by atoms with Gasteiger partial charge in [-0.2, -0.15) is 0 Å². The van der Waals surface area contributed by atoms with Crippen LogP contribution in [0.3, 0.4) is 0 Å². The average molecular weight is 443 g/mol. The molecule has 1 aliphatic carbocycles. The number of rotatable bonds is 6. The Kier molecular flexibility index (Phi) is 7.28. The fraction of sp³-hybridized carbons (Fsp3) is 0.750. The number of amides is 2. The fourth-order valence-corrected chi connectivity index (χ4v) is 5.23. The van der Waals surface area contributed by atoms with E-state index in [9.17, 15) is 9.59 Å². The summed E-state index contributed by atoms with van der Waals surface area (Å²) in [6.07, 6.45) is 8.44. The Morgan fingerprint density at radius 1 is 1.09 bits per heavy atom. The molecule has 1 N–H and O–H groups in total. The minimum absolute atomic E-state index is 0.136. The lowest BCUT2D eigenvalue weighted by Gasteiger charge is -2.32. The molecule has 1 aromatic heterocycles. The summed E-state index contributed by atoms with van der Waals surface area (Å²) >= 11 is 0. The van der Waals surface area contributed by atoms with Gasteiger partial charge in [-0.05, 0) is 38.8 Å². The second-order valence-corrected chi connectivity index (χ2v) is 10.0. The van der Waals surface area contributed by atoms with Gasteiger partial charge in [0.25, 0.3) is 0 Å². The molecule has 0 aromatic carbocycles. The van der Waals surface area contributed by atoms with Crippen molar-refractivity contribution in [1.82, 2.24) is 25.1 Å². The predicted molar refractivity (Wildman–Crippen MR) is 125 cm³/mol. The maximum Gasteiger partial charge on any atom is 0.234 e. The molecule has 32 heavy (non-hydrogen) atoms. The molecule has 4 rings (SSSR count). The van der Waals surface area contributed by atoms with E-state index in [1.807, 2.05) is 32.1 Å². The molecule has 2 amide bonds. The van der Waals surface area contributed by atoms with Crippen molar-refractivity contribution in [3.05, 3.63) is 17.6 Å². The molecule has 3 fully saturated rings. The first-order valence-electron chi connectivity index (χ1n) is 12.2. The van der Waals surface area contributed by atoms with Gasteiger partial charge in [0.15, 0.2) is 0 Å². The lowest BCUT2D eigenvalue weighted by molar-refractivity contribution is -0.126. The highest BCUT2D eigenvalue weighted by molar-refractivity contribution is 5.79. The number of likely N-dealkylation sites (tertiary alicyclic amines) is 2. The summed E-state index contributed by atoms with van der Waals surface area (Å²) in [4.78, 5) is 40.4. The molecule has 3 heterocycles. The second-order valence-electron chi connectivity index (χ2n) is 10.0. The van der Waals surface area contributed by atoms with Crippen molar-refractivity contribution in [2.75, 3.05) is 52.2 Å². The average Bonchev–Trinajstić information content (AvgIpc) is 3.13. The van der Waals surface area contributed by atoms with Crippen molar-refractivity contribution in [1.29, 1.82) is 0 Å². The number of aromatic nitrogens is 2. The Morgan fingerprint density at radius 3 is 2.44 bits per heavy atom. The van der Waals surface area contributed by atoms with Gasteiger partial charge >= 0.3 is 0 Å². The third kappa shape index (κ3) is 5.57. The number of piperidine rings is 1. The minimum atomic E-state index is 0.136. The molecule has 0 radical (unpaired) electrons. The van der Waals surface area contributed by atoms with E-state index in [0.717, 1.165) is 62.7 Å². The van der Waals surface area contributed by atoms with Crippen LogP contribution < -0.4 is 10.2 Å². The van der Waals surface area contributed by atoms with Crippen LogP contribution in [0, 0.1) is 0 Å². The number of hydrogen-bond donors (Lipinski definition) is 1. The summed E-state index contributed by atoms with van der Waals surface area (Å²) in [7, 11) is 5.85. The Labute approximate surface area is 191 Å². The first-order chi connectivity index (χ1) is 15.4. The summed E-state index contributed by atoms with van der Waals surface area (Å²) < 4.78 is 0. The van der Waals surface area contributed by atoms with Gasteiger partial charge < -0.3 is 15.1 Å². The van der Waals surface area contributed by atoms with Crippen LogP contribution in [0.25, 0.3) is 0 Å². The molecule has 1 atom stereocenters. The molecular formula is C24H38N6O2. The zero-order valence-corrected chi connectivity index (χ0v) is 19.8. The van der Waals surface area contributed by atoms with Gasteiger partial charge in [-0.3, -0.25) is 14.5 Å². The van der Waals surface area contributed by atoms with Crippen LogP contribution in [0.2, 0.25) is 0 Å². The number of anilines is 1. The van der Waals surface area contributed by atoms with Crippen LogP contribution in [-0.2, 0) is 9.59 Å². The van der Waals surface area contributed by atoms with Crippen molar-refractivity contribution < 1.29 is 9.59 Å². The quantitative estimate of drug-likeness (QED) is 0.727. The molecule has 8 heteroatoms. The van der Waals surface area contributed by atoms with Crippen molar-refractivity contribution in [2.45, 2.75) is 69.2 Å². The Bertz CT molecular complexity index is 815. The minimum Gasteiger partial charge on any atom is -0.363 e. The summed E-state index contributed by atoms with van der Waals surface area (Å²) in [6.45, 7) is 2.98. The molecule has 2 saturated heterocycles. The van der Waals surface area contributed by atoms with Gasteiger partial charge in [-0.15, -0.1) is 0 Å². The SMILES string of the molecule is CN1C[C@@H](c2cc(N(C)C)nc(C3CCN(CC(=O)NC4CCCCC4)CC3)n2)CC1=O. The Balaban J connectivity index is 1.36. The van der Waals surface area contributed by atoms with E-state index in [1.54, 1.807) is 4.90 Å². The number of carbonyl (C=O) groups is 2. The van der Waals surface area contributed by atoms with Gasteiger partial charge in [0, 0.05) is 58.1 Å². The fourth-order valence-electron chi connectivity index (χ4n) is 5.23. The smallest absolute Gasteiger partial charge is 0.234 e. The van der Waals surface area contributed by atoms with E-state index in [1.165, 1.54) is 19.3 Å². The van der Waals surface area contributed by atoms with Gasteiger partial charge in [0.05, 0.1) is 12.2 Å². The summed E-state index contributed by atoms with van der Waals surface area (Å²) in [5.74, 6) is 2.57. The largest absolute Gasteiger partial charge is 0.363 e. The summed E-state index contributed by atoms with van der Waals surface area (Å²) in [5, 5.41) is 3.23. The highest BCUT2D eigenvalue weighted by Gasteiger charge is 2.31. The van der Waals surface area contributed by atoms with E-state index in [4.69, 9.17) is 9.97 Å². The number of likely N-dealkylation sites (N-methyl/N-ethyl adjacent to an activating group) is 1. The summed E-state index contributed by atoms with van der Waals surface area (Å²) in [6, 6.07) is 2.40. The van der Waals surface area contributed by atoms with Crippen LogP contribution in [0.4, 0.5) is 5.82 Å². The van der Waals surface area contributed by atoms with Gasteiger partial charge in [-0.25, -0.2) is 9.97 Å². The maximum absolute atomic E-state index is 12.5. The lowest BCUT2D eigenvalue weighted by Crippen LogP contribution is -2.45. The zero-order chi connectivity index (χ0) is 22.7. The number of nitrogens with one attached hydrogen (secondary N) is 1. The van der Waals surface area contributed by atoms with Crippen molar-refractivity contribution in [3.63, 3.8) is 0 Å². The molecule has 0 bridgehead atoms. The lowest BCUT2D eigenvalue weighted by atomic mass is 9.94. The number of carbonyl (C=O) groups excluding carboxylic acids is 2. The van der Waals surface area contributed by atoms with E-state index in [-0.39, 0.29) is 17.7 Å². The van der Waals surface area contributed by atoms with Crippen LogP contribution in [0.5, 0.6) is 0 Å². The standard InChI is InChI=1S/C24H38N6O2/c1-28(2)21-14-20(18-13-23(32)29(3)15-18)26-24(27-21)17-9-11-30(12-10-17)16-22(31)25-19-7-5-4-6-8-19/h14,17-19H,4-13,15-16H2,1-3H3,(H,25,31)/t18-/m0/s1. The summed E-state index contributed by atoms with van der Waals surface area (Å²) in [5.41, 5.74) is 0.977. The zero-order valence-electron chi connectivity index (χ0n) is 19.8. The van der Waals surface area contributed by atoms with Crippen LogP contribution in [-0.4, -0.2) is 84.9 Å². The van der Waals surface area contributed by atoms with Crippen molar-refractivity contribution in [2.24, 2.45) is 0 Å². The molecule has 0 unspecified atom stereocenters. The molecular weight excluding hydrogens is 404 g/mol.